The second-order valence-corrected chi connectivity index (χ2v) is 8.53. The molecule has 2 aliphatic rings. The fourth-order valence-electron chi connectivity index (χ4n) is 3.90. The van der Waals surface area contributed by atoms with Crippen molar-refractivity contribution in [2.75, 3.05) is 7.11 Å². The van der Waals surface area contributed by atoms with Crippen LogP contribution in [-0.2, 0) is 14.3 Å². The maximum absolute atomic E-state index is 13.1. The van der Waals surface area contributed by atoms with Crippen LogP contribution < -0.4 is 5.73 Å². The SMILES string of the molecule is COC(=O)C1=C2SC(c3cccc([N+](=O)[O-])c3)=CC(=O)N2C(N)=C(C#N)C1c1cccc([N+](=O)[O-])c1. The van der Waals surface area contributed by atoms with Crippen LogP contribution in [0.15, 0.2) is 76.6 Å². The van der Waals surface area contributed by atoms with Gasteiger partial charge in [-0.3, -0.25) is 29.9 Å². The molecular weight excluding hydrogens is 490 g/mol. The molecule has 0 fully saturated rings. The molecule has 36 heavy (non-hydrogen) atoms. The molecule has 0 spiro atoms. The van der Waals surface area contributed by atoms with E-state index in [1.54, 1.807) is 6.07 Å². The number of nitrogens with zero attached hydrogens (tertiary/aromatic N) is 4. The van der Waals surface area contributed by atoms with Gasteiger partial charge in [-0.2, -0.15) is 5.26 Å². The first-order valence-electron chi connectivity index (χ1n) is 10.1. The van der Waals surface area contributed by atoms with Gasteiger partial charge in [0.2, 0.25) is 0 Å². The number of carbonyl (C=O) groups excluding carboxylic acids is 2. The van der Waals surface area contributed by atoms with Gasteiger partial charge in [0, 0.05) is 35.2 Å². The zero-order valence-corrected chi connectivity index (χ0v) is 19.2. The lowest BCUT2D eigenvalue weighted by molar-refractivity contribution is -0.385. The summed E-state index contributed by atoms with van der Waals surface area (Å²) in [5.41, 5.74) is 6.02. The number of methoxy groups -OCH3 is 1. The van der Waals surface area contributed by atoms with Crippen LogP contribution in [-0.4, -0.2) is 33.7 Å². The summed E-state index contributed by atoms with van der Waals surface area (Å²) in [6, 6.07) is 12.9. The van der Waals surface area contributed by atoms with Crippen molar-refractivity contribution in [1.29, 1.82) is 5.26 Å². The van der Waals surface area contributed by atoms with Gasteiger partial charge in [0.15, 0.2) is 0 Å². The molecule has 4 rings (SSSR count). The molecular formula is C23H15N5O7S. The summed E-state index contributed by atoms with van der Waals surface area (Å²) < 4.78 is 4.96. The Labute approximate surface area is 207 Å². The van der Waals surface area contributed by atoms with Gasteiger partial charge in [-0.15, -0.1) is 0 Å². The quantitative estimate of drug-likeness (QED) is 0.359. The molecule has 1 unspecified atom stereocenters. The Morgan fingerprint density at radius 1 is 1.14 bits per heavy atom. The summed E-state index contributed by atoms with van der Waals surface area (Å²) in [6.07, 6.45) is 1.19. The van der Waals surface area contributed by atoms with E-state index in [1.165, 1.54) is 48.5 Å². The van der Waals surface area contributed by atoms with Gasteiger partial charge in [-0.05, 0) is 11.1 Å². The first-order valence-corrected chi connectivity index (χ1v) is 10.9. The molecule has 0 aromatic heterocycles. The molecule has 2 N–H and O–H groups in total. The van der Waals surface area contributed by atoms with Crippen molar-refractivity contribution in [3.8, 4) is 6.07 Å². The molecule has 2 aromatic rings. The van der Waals surface area contributed by atoms with Crippen LogP contribution in [0, 0.1) is 31.6 Å². The predicted octanol–water partition coefficient (Wildman–Crippen LogP) is 3.30. The third-order valence-electron chi connectivity index (χ3n) is 5.49. The van der Waals surface area contributed by atoms with Gasteiger partial charge in [-0.25, -0.2) is 4.79 Å². The monoisotopic (exact) mass is 505 g/mol. The number of esters is 1. The molecule has 0 bridgehead atoms. The maximum Gasteiger partial charge on any atom is 0.337 e. The van der Waals surface area contributed by atoms with Crippen molar-refractivity contribution < 1.29 is 24.2 Å². The van der Waals surface area contributed by atoms with E-state index in [0.717, 1.165) is 23.8 Å². The average molecular weight is 505 g/mol. The normalized spacial score (nSPS) is 17.2. The summed E-state index contributed by atoms with van der Waals surface area (Å²) in [4.78, 5) is 48.9. The van der Waals surface area contributed by atoms with E-state index >= 15 is 0 Å². The Morgan fingerprint density at radius 3 is 2.39 bits per heavy atom. The Balaban J connectivity index is 1.96. The van der Waals surface area contributed by atoms with Gasteiger partial charge in [0.05, 0.1) is 40.1 Å². The lowest BCUT2D eigenvalue weighted by Gasteiger charge is -2.37. The molecule has 1 atom stereocenters. The Morgan fingerprint density at radius 2 is 1.78 bits per heavy atom. The molecule has 180 valence electrons. The molecule has 0 saturated carbocycles. The summed E-state index contributed by atoms with van der Waals surface area (Å²) in [6.45, 7) is 0. The molecule has 0 saturated heterocycles. The summed E-state index contributed by atoms with van der Waals surface area (Å²) in [5, 5.41) is 32.5. The second kappa shape index (κ2) is 9.35. The van der Waals surface area contributed by atoms with Crippen LogP contribution >= 0.6 is 11.8 Å². The van der Waals surface area contributed by atoms with E-state index in [2.05, 4.69) is 0 Å². The highest BCUT2D eigenvalue weighted by Crippen LogP contribution is 2.50. The van der Waals surface area contributed by atoms with Gasteiger partial charge < -0.3 is 10.5 Å². The van der Waals surface area contributed by atoms with Crippen LogP contribution in [0.25, 0.3) is 4.91 Å². The minimum absolute atomic E-state index is 0.0314. The number of nitro groups is 2. The van der Waals surface area contributed by atoms with Crippen LogP contribution in [0.2, 0.25) is 0 Å². The van der Waals surface area contributed by atoms with Crippen LogP contribution in [0.3, 0.4) is 0 Å². The number of ether oxygens (including phenoxy) is 1. The predicted molar refractivity (Wildman–Crippen MR) is 127 cm³/mol. The summed E-state index contributed by atoms with van der Waals surface area (Å²) in [5.74, 6) is -2.98. The number of fused-ring (bicyclic) bond motifs is 1. The van der Waals surface area contributed by atoms with Crippen molar-refractivity contribution in [2.45, 2.75) is 5.92 Å². The first-order chi connectivity index (χ1) is 17.2. The Bertz CT molecular complexity index is 1490. The fourth-order valence-corrected chi connectivity index (χ4v) is 5.10. The van der Waals surface area contributed by atoms with Gasteiger partial charge in [0.25, 0.3) is 17.3 Å². The lowest BCUT2D eigenvalue weighted by Crippen LogP contribution is -2.40. The summed E-state index contributed by atoms with van der Waals surface area (Å²) >= 11 is 0.935. The van der Waals surface area contributed by atoms with Gasteiger partial charge >= 0.3 is 5.97 Å². The highest BCUT2D eigenvalue weighted by Gasteiger charge is 2.43. The standard InChI is InChI=1S/C23H15N5O7S/c1-35-23(30)20-19(13-5-3-7-15(9-13)28(33)34)16(11-24)21(25)26-18(29)10-17(36-22(20)26)12-4-2-6-14(8-12)27(31)32/h2-10,19H,25H2,1H3. The Kier molecular flexibility index (Phi) is 6.28. The smallest absolute Gasteiger partial charge is 0.337 e. The number of benzene rings is 2. The van der Waals surface area contributed by atoms with Crippen molar-refractivity contribution in [3.63, 3.8) is 0 Å². The van der Waals surface area contributed by atoms with E-state index in [9.17, 15) is 35.1 Å². The number of nitrogens with two attached hydrogens (primary N) is 1. The minimum atomic E-state index is -1.17. The molecule has 13 heteroatoms. The number of amides is 1. The average Bonchev–Trinajstić information content (AvgIpc) is 2.87. The van der Waals surface area contributed by atoms with Crippen molar-refractivity contribution >= 4 is 39.9 Å². The molecule has 2 heterocycles. The van der Waals surface area contributed by atoms with Crippen molar-refractivity contribution in [2.24, 2.45) is 5.73 Å². The van der Waals surface area contributed by atoms with Gasteiger partial charge in [-0.1, -0.05) is 36.0 Å². The molecule has 0 radical (unpaired) electrons. The third-order valence-corrected chi connectivity index (χ3v) is 6.66. The topological polar surface area (TPSA) is 183 Å². The van der Waals surface area contributed by atoms with Crippen molar-refractivity contribution in [1.82, 2.24) is 4.90 Å². The number of thioether (sulfide) groups is 1. The zero-order chi connectivity index (χ0) is 26.1. The lowest BCUT2D eigenvalue weighted by atomic mass is 9.83. The number of allylic oxidation sites excluding steroid dienone is 1. The molecule has 2 aromatic carbocycles. The van der Waals surface area contributed by atoms with E-state index in [4.69, 9.17) is 10.5 Å². The number of nitriles is 1. The number of hydrogen-bond acceptors (Lipinski definition) is 10. The van der Waals surface area contributed by atoms with Crippen molar-refractivity contribution in [3.05, 3.63) is 108 Å². The zero-order valence-electron chi connectivity index (χ0n) is 18.4. The number of non-ortho nitro benzene ring substituents is 2. The van der Waals surface area contributed by atoms with Gasteiger partial charge in [0.1, 0.15) is 10.9 Å². The largest absolute Gasteiger partial charge is 0.466 e. The van der Waals surface area contributed by atoms with Crippen LogP contribution in [0.4, 0.5) is 11.4 Å². The molecule has 2 aliphatic heterocycles. The second-order valence-electron chi connectivity index (χ2n) is 7.50. The molecule has 12 nitrogen and oxygen atoms in total. The molecule has 0 aliphatic carbocycles. The summed E-state index contributed by atoms with van der Waals surface area (Å²) in [7, 11) is 1.12. The van der Waals surface area contributed by atoms with Crippen LogP contribution in [0.5, 0.6) is 0 Å². The first kappa shape index (κ1) is 24.2. The Hall–Kier alpha value is -4.96. The van der Waals surface area contributed by atoms with E-state index < -0.39 is 27.6 Å². The highest BCUT2D eigenvalue weighted by atomic mass is 32.2. The van der Waals surface area contributed by atoms with E-state index in [0.29, 0.717) is 10.5 Å². The van der Waals surface area contributed by atoms with E-state index in [1.807, 2.05) is 6.07 Å². The minimum Gasteiger partial charge on any atom is -0.466 e. The number of carbonyl (C=O) groups is 2. The van der Waals surface area contributed by atoms with Crippen LogP contribution in [0.1, 0.15) is 17.0 Å². The third kappa shape index (κ3) is 4.05. The maximum atomic E-state index is 13.1. The number of nitro benzene ring substituents is 2. The van der Waals surface area contributed by atoms with E-state index in [-0.39, 0.29) is 38.9 Å². The molecule has 1 amide bonds. The fraction of sp³-hybridized carbons (Fsp3) is 0.0870. The number of rotatable bonds is 5. The number of hydrogen-bond donors (Lipinski definition) is 1. The highest BCUT2D eigenvalue weighted by molar-refractivity contribution is 8.11.